The Labute approximate surface area is 241 Å². The molecule has 2 atom stereocenters. The number of nitrogens with zero attached hydrogens (tertiary/aromatic N) is 3. The first-order valence-corrected chi connectivity index (χ1v) is 16.8. The summed E-state index contributed by atoms with van der Waals surface area (Å²) in [6, 6.07) is 0.500. The van der Waals surface area contributed by atoms with Gasteiger partial charge in [-0.3, -0.25) is 9.59 Å². The van der Waals surface area contributed by atoms with Crippen LogP contribution in [0.25, 0.3) is 0 Å². The number of thiophene rings is 1. The third kappa shape index (κ3) is 9.77. The number of hydrogen-bond acceptors (Lipinski definition) is 13. The van der Waals surface area contributed by atoms with Crippen molar-refractivity contribution in [1.29, 1.82) is 0 Å². The molecule has 0 radical (unpaired) electrons. The van der Waals surface area contributed by atoms with Crippen molar-refractivity contribution in [2.45, 2.75) is 91.3 Å². The molecule has 19 heteroatoms. The normalized spacial score (nSPS) is 17.7. The molecule has 1 N–H and O–H groups in total. The van der Waals surface area contributed by atoms with Crippen molar-refractivity contribution in [3.8, 4) is 0 Å². The molecule has 2 amide bonds. The molecule has 0 saturated heterocycles. The SMILES string of the molecule is CCN(C(=O)CCCCCO[N+](=O)[O-])[C@H]1CC(C)S(=O)(=O)c2sc(S(=O)(=O)NC(=O)CCCCCO[N+](=O)[O-])cc21. The lowest BCUT2D eigenvalue weighted by Crippen LogP contribution is -2.40. The van der Waals surface area contributed by atoms with E-state index in [2.05, 4.69) is 9.68 Å². The Hall–Kier alpha value is -3.06. The Kier molecular flexibility index (Phi) is 12.7. The number of nitrogens with one attached hydrogen (secondary N) is 1. The van der Waals surface area contributed by atoms with E-state index in [9.17, 15) is 46.7 Å². The summed E-state index contributed by atoms with van der Waals surface area (Å²) in [6.45, 7) is 3.23. The van der Waals surface area contributed by atoms with Gasteiger partial charge in [0.2, 0.25) is 11.8 Å². The maximum absolute atomic E-state index is 13.1. The first-order chi connectivity index (χ1) is 19.2. The van der Waals surface area contributed by atoms with Gasteiger partial charge in [-0.1, -0.05) is 12.8 Å². The lowest BCUT2D eigenvalue weighted by atomic mass is 10.0. The van der Waals surface area contributed by atoms with Gasteiger partial charge < -0.3 is 14.6 Å². The van der Waals surface area contributed by atoms with Gasteiger partial charge in [-0.15, -0.1) is 31.6 Å². The van der Waals surface area contributed by atoms with Crippen LogP contribution in [0.3, 0.4) is 0 Å². The molecule has 0 aliphatic carbocycles. The predicted octanol–water partition coefficient (Wildman–Crippen LogP) is 2.55. The zero-order valence-electron chi connectivity index (χ0n) is 22.7. The standard InChI is InChI=1S/C22H34N4O12S3/c1-3-24(20(28)11-7-5-9-13-38-26(31)32)18-14-16(2)40(33,34)22-17(18)15-21(39-22)41(35,36)23-19(27)10-6-4-8-12-37-25(29)30/h15-16,18H,3-14H2,1-2H3,(H,23,27)/t16?,18-/m0/s1. The molecule has 0 bridgehead atoms. The van der Waals surface area contributed by atoms with Crippen molar-refractivity contribution in [1.82, 2.24) is 9.62 Å². The Morgan fingerprint density at radius 2 is 1.61 bits per heavy atom. The van der Waals surface area contributed by atoms with Crippen molar-refractivity contribution >= 4 is 43.0 Å². The minimum absolute atomic E-state index is 0.0638. The molecule has 2 rings (SSSR count). The van der Waals surface area contributed by atoms with E-state index in [0.717, 1.165) is 0 Å². The number of fused-ring (bicyclic) bond motifs is 1. The molecule has 1 aromatic rings. The van der Waals surface area contributed by atoms with Gasteiger partial charge in [0.15, 0.2) is 9.84 Å². The van der Waals surface area contributed by atoms with Gasteiger partial charge in [0.1, 0.15) is 8.42 Å². The summed E-state index contributed by atoms with van der Waals surface area (Å²) in [5.41, 5.74) is 0.182. The van der Waals surface area contributed by atoms with Crippen LogP contribution < -0.4 is 4.72 Å². The van der Waals surface area contributed by atoms with Crippen LogP contribution in [-0.2, 0) is 39.1 Å². The number of sulfonamides is 1. The highest BCUT2D eigenvalue weighted by molar-refractivity contribution is 7.95. The zero-order chi connectivity index (χ0) is 30.8. The minimum atomic E-state index is -4.41. The molecule has 1 aliphatic rings. The largest absolute Gasteiger partial charge is 0.336 e. The third-order valence-electron chi connectivity index (χ3n) is 6.43. The zero-order valence-corrected chi connectivity index (χ0v) is 25.1. The molecule has 0 spiro atoms. The maximum atomic E-state index is 13.1. The molecule has 0 fully saturated rings. The van der Waals surface area contributed by atoms with Gasteiger partial charge in [0.25, 0.3) is 20.2 Å². The van der Waals surface area contributed by atoms with E-state index in [1.807, 2.05) is 4.72 Å². The highest BCUT2D eigenvalue weighted by atomic mass is 32.3. The third-order valence-corrected chi connectivity index (χ3v) is 12.2. The van der Waals surface area contributed by atoms with Gasteiger partial charge in [0.05, 0.1) is 24.5 Å². The number of amides is 2. The van der Waals surface area contributed by atoms with E-state index in [1.165, 1.54) is 17.9 Å². The summed E-state index contributed by atoms with van der Waals surface area (Å²) in [4.78, 5) is 55.6. The smallest absolute Gasteiger partial charge is 0.294 e. The van der Waals surface area contributed by atoms with Gasteiger partial charge >= 0.3 is 0 Å². The molecule has 232 valence electrons. The molecule has 16 nitrogen and oxygen atoms in total. The number of carbonyl (C=O) groups excluding carboxylic acids is 2. The number of carbonyl (C=O) groups is 2. The summed E-state index contributed by atoms with van der Waals surface area (Å²) in [5.74, 6) is -1.08. The van der Waals surface area contributed by atoms with Crippen LogP contribution in [0.15, 0.2) is 14.5 Å². The molecule has 1 aliphatic heterocycles. The molecule has 41 heavy (non-hydrogen) atoms. The van der Waals surface area contributed by atoms with Crippen LogP contribution in [0.2, 0.25) is 0 Å². The van der Waals surface area contributed by atoms with Crippen LogP contribution in [0.1, 0.15) is 83.2 Å². The fraction of sp³-hybridized carbons (Fsp3) is 0.727. The lowest BCUT2D eigenvalue weighted by Gasteiger charge is -2.36. The number of sulfone groups is 1. The van der Waals surface area contributed by atoms with E-state index in [4.69, 9.17) is 0 Å². The lowest BCUT2D eigenvalue weighted by molar-refractivity contribution is -0.757. The Morgan fingerprint density at radius 3 is 2.15 bits per heavy atom. The quantitative estimate of drug-likeness (QED) is 0.139. The number of hydrogen-bond donors (Lipinski definition) is 1. The van der Waals surface area contributed by atoms with Crippen molar-refractivity contribution in [3.63, 3.8) is 0 Å². The molecular formula is C22H34N4O12S3. The van der Waals surface area contributed by atoms with Crippen molar-refractivity contribution in [2.24, 2.45) is 0 Å². The highest BCUT2D eigenvalue weighted by Crippen LogP contribution is 2.45. The van der Waals surface area contributed by atoms with E-state index in [0.29, 0.717) is 43.4 Å². The monoisotopic (exact) mass is 642 g/mol. The summed E-state index contributed by atoms with van der Waals surface area (Å²) in [6.07, 6.45) is 2.28. The number of rotatable bonds is 18. The summed E-state index contributed by atoms with van der Waals surface area (Å²) < 4.78 is 53.5. The van der Waals surface area contributed by atoms with E-state index in [1.54, 1.807) is 6.92 Å². The summed E-state index contributed by atoms with van der Waals surface area (Å²) in [7, 11) is -8.29. The van der Waals surface area contributed by atoms with Gasteiger partial charge in [-0.2, -0.15) is 0 Å². The Balaban J connectivity index is 2.13. The topological polar surface area (TPSA) is 222 Å². The first-order valence-electron chi connectivity index (χ1n) is 13.0. The second-order valence-electron chi connectivity index (χ2n) is 9.36. The van der Waals surface area contributed by atoms with E-state index < -0.39 is 47.2 Å². The van der Waals surface area contributed by atoms with Crippen LogP contribution >= 0.6 is 11.3 Å². The van der Waals surface area contributed by atoms with E-state index >= 15 is 0 Å². The predicted molar refractivity (Wildman–Crippen MR) is 144 cm³/mol. The average Bonchev–Trinajstić information content (AvgIpc) is 3.34. The Bertz CT molecular complexity index is 1310. The van der Waals surface area contributed by atoms with Crippen LogP contribution in [0.5, 0.6) is 0 Å². The molecule has 1 aromatic heterocycles. The number of unbranched alkanes of at least 4 members (excludes halogenated alkanes) is 4. The van der Waals surface area contributed by atoms with Crippen LogP contribution in [0.4, 0.5) is 0 Å². The molecule has 2 heterocycles. The van der Waals surface area contributed by atoms with Crippen molar-refractivity contribution in [3.05, 3.63) is 31.9 Å². The van der Waals surface area contributed by atoms with Crippen molar-refractivity contribution in [2.75, 3.05) is 19.8 Å². The minimum Gasteiger partial charge on any atom is -0.336 e. The summed E-state index contributed by atoms with van der Waals surface area (Å²) in [5, 5.41) is 17.7. The molecule has 0 saturated carbocycles. The Morgan fingerprint density at radius 1 is 1.05 bits per heavy atom. The second-order valence-corrected chi connectivity index (χ2v) is 14.9. The molecule has 0 aromatic carbocycles. The fourth-order valence-electron chi connectivity index (χ4n) is 4.36. The highest BCUT2D eigenvalue weighted by Gasteiger charge is 2.42. The van der Waals surface area contributed by atoms with Crippen LogP contribution in [0, 0.1) is 20.2 Å². The van der Waals surface area contributed by atoms with Gasteiger partial charge in [-0.25, -0.2) is 21.6 Å². The first kappa shape index (κ1) is 34.1. The van der Waals surface area contributed by atoms with Crippen LogP contribution in [-0.4, -0.2) is 68.7 Å². The molecular weight excluding hydrogens is 608 g/mol. The molecule has 1 unspecified atom stereocenters. The van der Waals surface area contributed by atoms with Gasteiger partial charge in [0, 0.05) is 24.9 Å². The van der Waals surface area contributed by atoms with Crippen molar-refractivity contribution < 1.29 is 46.3 Å². The average molecular weight is 643 g/mol. The summed E-state index contributed by atoms with van der Waals surface area (Å²) >= 11 is 0.527. The van der Waals surface area contributed by atoms with Gasteiger partial charge in [-0.05, 0) is 52.0 Å². The van der Waals surface area contributed by atoms with E-state index in [-0.39, 0.29) is 65.3 Å². The second kappa shape index (κ2) is 15.2. The fourth-order valence-corrected chi connectivity index (χ4v) is 9.35. The maximum Gasteiger partial charge on any atom is 0.294 e.